The summed E-state index contributed by atoms with van der Waals surface area (Å²) in [5.41, 5.74) is 5.94. The molecule has 4 rings (SSSR count). The molecule has 0 saturated heterocycles. The van der Waals surface area contributed by atoms with Crippen molar-refractivity contribution in [2.75, 3.05) is 0 Å². The van der Waals surface area contributed by atoms with Gasteiger partial charge in [0.15, 0.2) is 0 Å². The van der Waals surface area contributed by atoms with Gasteiger partial charge in [-0.05, 0) is 69.1 Å². The molecule has 4 atom stereocenters. The molecule has 0 nitrogen and oxygen atoms in total. The first kappa shape index (κ1) is 14.5. The highest BCUT2D eigenvalue weighted by Crippen LogP contribution is 2.63. The highest BCUT2D eigenvalue weighted by atomic mass is 14.6. The van der Waals surface area contributed by atoms with Gasteiger partial charge in [0.25, 0.3) is 0 Å². The molecule has 0 radical (unpaired) electrons. The Balaban J connectivity index is 1.76. The topological polar surface area (TPSA) is 0 Å². The van der Waals surface area contributed by atoms with Gasteiger partial charge in [0.05, 0.1) is 0 Å². The maximum absolute atomic E-state index is 2.65. The second-order valence-corrected chi connectivity index (χ2v) is 8.28. The summed E-state index contributed by atoms with van der Waals surface area (Å²) in [5, 5.41) is 0. The first-order valence-corrected chi connectivity index (χ1v) is 9.37. The van der Waals surface area contributed by atoms with Crippen molar-refractivity contribution in [1.29, 1.82) is 0 Å². The predicted octanol–water partition coefficient (Wildman–Crippen LogP) is 6.37. The molecule has 2 saturated carbocycles. The zero-order chi connectivity index (χ0) is 15.4. The molecule has 0 aromatic carbocycles. The third-order valence-electron chi connectivity index (χ3n) is 7.30. The van der Waals surface area contributed by atoms with Gasteiger partial charge in [-0.25, -0.2) is 0 Å². The van der Waals surface area contributed by atoms with Crippen LogP contribution >= 0.6 is 0 Å². The van der Waals surface area contributed by atoms with Crippen molar-refractivity contribution in [3.8, 4) is 0 Å². The summed E-state index contributed by atoms with van der Waals surface area (Å²) in [6.45, 7) is 7.33. The Labute approximate surface area is 136 Å². The molecule has 22 heavy (non-hydrogen) atoms. The van der Waals surface area contributed by atoms with Gasteiger partial charge < -0.3 is 0 Å². The van der Waals surface area contributed by atoms with E-state index < -0.39 is 0 Å². The first-order valence-electron chi connectivity index (χ1n) is 9.37. The fourth-order valence-corrected chi connectivity index (χ4v) is 6.09. The van der Waals surface area contributed by atoms with Gasteiger partial charge in [0, 0.05) is 5.41 Å². The van der Waals surface area contributed by atoms with E-state index >= 15 is 0 Å². The Hall–Kier alpha value is -1.04. The second kappa shape index (κ2) is 4.98. The molecule has 0 heteroatoms. The SMILES string of the molecule is CC/C=C1/CCC2C3CCC4=CCC=CC4(C)C3=CCC12C. The minimum Gasteiger partial charge on any atom is -0.0850 e. The fraction of sp³-hybridized carbons (Fsp3) is 0.636. The van der Waals surface area contributed by atoms with Crippen molar-refractivity contribution in [1.82, 2.24) is 0 Å². The summed E-state index contributed by atoms with van der Waals surface area (Å²) in [5.74, 6) is 1.71. The normalized spacial score (nSPS) is 45.0. The summed E-state index contributed by atoms with van der Waals surface area (Å²) in [4.78, 5) is 0. The van der Waals surface area contributed by atoms with E-state index in [-0.39, 0.29) is 5.41 Å². The summed E-state index contributed by atoms with van der Waals surface area (Å²) in [7, 11) is 0. The van der Waals surface area contributed by atoms with Crippen molar-refractivity contribution < 1.29 is 0 Å². The van der Waals surface area contributed by atoms with E-state index in [0.717, 1.165) is 18.3 Å². The number of rotatable bonds is 1. The summed E-state index contributed by atoms with van der Waals surface area (Å²) in [6, 6.07) is 0. The van der Waals surface area contributed by atoms with Crippen LogP contribution in [0.3, 0.4) is 0 Å². The van der Waals surface area contributed by atoms with Gasteiger partial charge in [0.1, 0.15) is 0 Å². The smallest absolute Gasteiger partial charge is 0.0275 e. The van der Waals surface area contributed by atoms with Crippen LogP contribution in [0, 0.1) is 22.7 Å². The molecule has 0 amide bonds. The number of allylic oxidation sites excluding steroid dienone is 8. The Morgan fingerprint density at radius 2 is 2.05 bits per heavy atom. The van der Waals surface area contributed by atoms with Crippen LogP contribution in [-0.2, 0) is 0 Å². The zero-order valence-corrected chi connectivity index (χ0v) is 14.5. The van der Waals surface area contributed by atoms with Gasteiger partial charge >= 0.3 is 0 Å². The van der Waals surface area contributed by atoms with Crippen molar-refractivity contribution in [2.45, 2.75) is 65.7 Å². The molecule has 4 unspecified atom stereocenters. The van der Waals surface area contributed by atoms with Crippen LogP contribution in [0.1, 0.15) is 65.7 Å². The maximum Gasteiger partial charge on any atom is 0.0275 e. The molecular weight excluding hydrogens is 264 g/mol. The van der Waals surface area contributed by atoms with Crippen LogP contribution < -0.4 is 0 Å². The Kier molecular flexibility index (Phi) is 3.29. The van der Waals surface area contributed by atoms with Crippen molar-refractivity contribution in [3.05, 3.63) is 47.1 Å². The summed E-state index contributed by atoms with van der Waals surface area (Å²) >= 11 is 0. The third-order valence-corrected chi connectivity index (χ3v) is 7.30. The van der Waals surface area contributed by atoms with E-state index in [1.54, 1.807) is 16.7 Å². The lowest BCUT2D eigenvalue weighted by Gasteiger charge is -2.51. The van der Waals surface area contributed by atoms with Gasteiger partial charge in [-0.1, -0.05) is 60.9 Å². The molecule has 2 fully saturated rings. The molecule has 0 spiro atoms. The monoisotopic (exact) mass is 294 g/mol. The van der Waals surface area contributed by atoms with Crippen LogP contribution in [0.15, 0.2) is 47.1 Å². The quantitative estimate of drug-likeness (QED) is 0.493. The largest absolute Gasteiger partial charge is 0.0850 e. The zero-order valence-electron chi connectivity index (χ0n) is 14.5. The highest BCUT2D eigenvalue weighted by Gasteiger charge is 2.53. The molecule has 0 aliphatic heterocycles. The lowest BCUT2D eigenvalue weighted by atomic mass is 9.53. The maximum atomic E-state index is 2.65. The van der Waals surface area contributed by atoms with Gasteiger partial charge in [-0.3, -0.25) is 0 Å². The van der Waals surface area contributed by atoms with Crippen molar-refractivity contribution in [2.24, 2.45) is 22.7 Å². The number of hydrogen-bond acceptors (Lipinski definition) is 0. The van der Waals surface area contributed by atoms with E-state index in [9.17, 15) is 0 Å². The number of hydrogen-bond donors (Lipinski definition) is 0. The standard InChI is InChI=1S/C22H30/c1-4-7-16-10-12-19-18-11-9-17-8-5-6-14-21(17,2)20(18)13-15-22(16,19)3/h6-8,13-14,18-19H,4-5,9-12,15H2,1-3H3/b16-7-. The van der Waals surface area contributed by atoms with Crippen LogP contribution in [0.4, 0.5) is 0 Å². The van der Waals surface area contributed by atoms with Gasteiger partial charge in [-0.2, -0.15) is 0 Å². The van der Waals surface area contributed by atoms with Gasteiger partial charge in [-0.15, -0.1) is 0 Å². The molecule has 0 bridgehead atoms. The molecule has 4 aliphatic rings. The molecule has 118 valence electrons. The molecule has 0 aromatic rings. The number of fused-ring (bicyclic) bond motifs is 5. The van der Waals surface area contributed by atoms with E-state index in [1.165, 1.54) is 38.5 Å². The average molecular weight is 294 g/mol. The van der Waals surface area contributed by atoms with Crippen molar-refractivity contribution >= 4 is 0 Å². The highest BCUT2D eigenvalue weighted by molar-refractivity contribution is 5.45. The second-order valence-electron chi connectivity index (χ2n) is 8.28. The van der Waals surface area contributed by atoms with Crippen LogP contribution in [0.25, 0.3) is 0 Å². The summed E-state index contributed by atoms with van der Waals surface area (Å²) in [6.07, 6.45) is 21.7. The average Bonchev–Trinajstić information content (AvgIpc) is 2.84. The molecular formula is C22H30. The van der Waals surface area contributed by atoms with E-state index in [0.29, 0.717) is 5.41 Å². The Bertz CT molecular complexity index is 600. The molecule has 4 aliphatic carbocycles. The third kappa shape index (κ3) is 1.82. The molecule has 0 aromatic heterocycles. The van der Waals surface area contributed by atoms with Crippen LogP contribution in [0.2, 0.25) is 0 Å². The van der Waals surface area contributed by atoms with Gasteiger partial charge in [0.2, 0.25) is 0 Å². The lowest BCUT2D eigenvalue weighted by Crippen LogP contribution is -2.41. The van der Waals surface area contributed by atoms with E-state index in [2.05, 4.69) is 51.2 Å². The van der Waals surface area contributed by atoms with E-state index in [1.807, 2.05) is 0 Å². The van der Waals surface area contributed by atoms with Crippen molar-refractivity contribution in [3.63, 3.8) is 0 Å². The Morgan fingerprint density at radius 1 is 1.18 bits per heavy atom. The van der Waals surface area contributed by atoms with E-state index in [4.69, 9.17) is 0 Å². The van der Waals surface area contributed by atoms with Crippen LogP contribution in [0.5, 0.6) is 0 Å². The Morgan fingerprint density at radius 3 is 2.86 bits per heavy atom. The molecule has 0 N–H and O–H groups in total. The minimum atomic E-state index is 0.250. The molecule has 0 heterocycles. The predicted molar refractivity (Wildman–Crippen MR) is 94.6 cm³/mol. The summed E-state index contributed by atoms with van der Waals surface area (Å²) < 4.78 is 0. The minimum absolute atomic E-state index is 0.250. The fourth-order valence-electron chi connectivity index (χ4n) is 6.09. The lowest BCUT2D eigenvalue weighted by molar-refractivity contribution is 0.157. The van der Waals surface area contributed by atoms with Crippen LogP contribution in [-0.4, -0.2) is 0 Å². The first-order chi connectivity index (χ1) is 10.6.